The Labute approximate surface area is 175 Å². The Morgan fingerprint density at radius 3 is 2.62 bits per heavy atom. The molecule has 2 aliphatic heterocycles. The normalized spacial score (nSPS) is 19.8. The van der Waals surface area contributed by atoms with Crippen LogP contribution in [0.15, 0.2) is 77.9 Å². The highest BCUT2D eigenvalue weighted by molar-refractivity contribution is 6.31. The first-order valence-electron chi connectivity index (χ1n) is 9.83. The topological polar surface area (TPSA) is 34.1 Å². The lowest BCUT2D eigenvalue weighted by atomic mass is 9.95. The van der Waals surface area contributed by atoms with Crippen molar-refractivity contribution in [2.24, 2.45) is 5.10 Å². The summed E-state index contributed by atoms with van der Waals surface area (Å²) in [7, 11) is 0. The third-order valence-corrected chi connectivity index (χ3v) is 5.69. The molecule has 2 heterocycles. The summed E-state index contributed by atoms with van der Waals surface area (Å²) in [6.45, 7) is 2.61. The van der Waals surface area contributed by atoms with Crippen LogP contribution in [0.4, 0.5) is 0 Å². The molecule has 0 bridgehead atoms. The number of hydrogen-bond acceptors (Lipinski definition) is 4. The summed E-state index contributed by atoms with van der Waals surface area (Å²) in [5, 5.41) is 7.70. The Morgan fingerprint density at radius 2 is 1.83 bits per heavy atom. The molecule has 5 rings (SSSR count). The minimum Gasteiger partial charge on any atom is -0.494 e. The van der Waals surface area contributed by atoms with E-state index >= 15 is 0 Å². The summed E-state index contributed by atoms with van der Waals surface area (Å²) in [5.74, 6) is 1.70. The van der Waals surface area contributed by atoms with Crippen LogP contribution in [0.5, 0.6) is 11.5 Å². The van der Waals surface area contributed by atoms with E-state index in [2.05, 4.69) is 18.2 Å². The molecule has 29 heavy (non-hydrogen) atoms. The molecule has 146 valence electrons. The van der Waals surface area contributed by atoms with Gasteiger partial charge in [0, 0.05) is 22.6 Å². The van der Waals surface area contributed by atoms with Crippen LogP contribution in [0, 0.1) is 0 Å². The molecule has 2 atom stereocenters. The van der Waals surface area contributed by atoms with Crippen LogP contribution < -0.4 is 9.47 Å². The maximum absolute atomic E-state index is 6.52. The Morgan fingerprint density at radius 1 is 1.03 bits per heavy atom. The van der Waals surface area contributed by atoms with Gasteiger partial charge in [0.25, 0.3) is 0 Å². The molecule has 0 amide bonds. The lowest BCUT2D eigenvalue weighted by molar-refractivity contribution is -0.0191. The van der Waals surface area contributed by atoms with Gasteiger partial charge in [-0.2, -0.15) is 5.10 Å². The van der Waals surface area contributed by atoms with Gasteiger partial charge in [0.15, 0.2) is 0 Å². The van der Waals surface area contributed by atoms with E-state index in [9.17, 15) is 0 Å². The van der Waals surface area contributed by atoms with Crippen molar-refractivity contribution < 1.29 is 9.47 Å². The van der Waals surface area contributed by atoms with Crippen molar-refractivity contribution in [1.82, 2.24) is 5.01 Å². The Bertz CT molecular complexity index is 1070. The van der Waals surface area contributed by atoms with Gasteiger partial charge in [0.1, 0.15) is 11.5 Å². The highest BCUT2D eigenvalue weighted by atomic mass is 35.5. The molecular weight excluding hydrogens is 384 g/mol. The van der Waals surface area contributed by atoms with Crippen molar-refractivity contribution >= 4 is 17.3 Å². The van der Waals surface area contributed by atoms with E-state index in [0.717, 1.165) is 40.3 Å². The minimum atomic E-state index is -0.375. The number of fused-ring (bicyclic) bond motifs is 3. The van der Waals surface area contributed by atoms with Crippen LogP contribution in [0.25, 0.3) is 0 Å². The number of halogens is 1. The fourth-order valence-electron chi connectivity index (χ4n) is 4.01. The molecule has 0 fully saturated rings. The molecule has 4 nitrogen and oxygen atoms in total. The Kier molecular flexibility index (Phi) is 4.64. The predicted octanol–water partition coefficient (Wildman–Crippen LogP) is 5.98. The highest BCUT2D eigenvalue weighted by Gasteiger charge is 2.41. The smallest absolute Gasteiger partial charge is 0.215 e. The second-order valence-electron chi connectivity index (χ2n) is 7.14. The number of hydrazone groups is 1. The second kappa shape index (κ2) is 7.45. The monoisotopic (exact) mass is 404 g/mol. The van der Waals surface area contributed by atoms with E-state index in [-0.39, 0.29) is 12.3 Å². The number of benzene rings is 3. The van der Waals surface area contributed by atoms with E-state index < -0.39 is 0 Å². The van der Waals surface area contributed by atoms with Gasteiger partial charge in [-0.3, -0.25) is 0 Å². The van der Waals surface area contributed by atoms with E-state index in [4.69, 9.17) is 26.2 Å². The number of rotatable bonds is 4. The standard InChI is InChI=1S/C24H21ClN2O2/c1-2-28-17-12-13-23-19(14-17)22-15-21(16-8-4-3-5-9-16)26-27(22)24(29-23)18-10-6-7-11-20(18)25/h3-14,22,24H,2,15H2,1H3/t22-,24+/m1/s1. The molecule has 3 aromatic rings. The molecule has 5 heteroatoms. The van der Waals surface area contributed by atoms with Crippen molar-refractivity contribution in [2.45, 2.75) is 25.6 Å². The summed E-state index contributed by atoms with van der Waals surface area (Å²) in [6.07, 6.45) is 0.428. The summed E-state index contributed by atoms with van der Waals surface area (Å²) in [4.78, 5) is 0. The van der Waals surface area contributed by atoms with E-state index in [1.165, 1.54) is 0 Å². The minimum absolute atomic E-state index is 0.0654. The molecule has 0 saturated heterocycles. The zero-order valence-electron chi connectivity index (χ0n) is 16.1. The summed E-state index contributed by atoms with van der Waals surface area (Å²) < 4.78 is 12.1. The van der Waals surface area contributed by atoms with Crippen LogP contribution in [-0.2, 0) is 0 Å². The first-order valence-corrected chi connectivity index (χ1v) is 10.2. The lowest BCUT2D eigenvalue weighted by Gasteiger charge is -2.38. The SMILES string of the molecule is CCOc1ccc2c(c1)[C@H]1CC(c3ccccc3)=NN1[C@H](c1ccccc1Cl)O2. The second-order valence-corrected chi connectivity index (χ2v) is 7.54. The zero-order valence-corrected chi connectivity index (χ0v) is 16.8. The lowest BCUT2D eigenvalue weighted by Crippen LogP contribution is -2.33. The molecular formula is C24H21ClN2O2. The Hall–Kier alpha value is -2.98. The molecule has 0 aromatic heterocycles. The maximum atomic E-state index is 6.52. The highest BCUT2D eigenvalue weighted by Crippen LogP contribution is 2.49. The van der Waals surface area contributed by atoms with Gasteiger partial charge in [-0.05, 0) is 36.8 Å². The van der Waals surface area contributed by atoms with Gasteiger partial charge in [0.2, 0.25) is 6.23 Å². The molecule has 0 unspecified atom stereocenters. The van der Waals surface area contributed by atoms with Crippen molar-refractivity contribution in [1.29, 1.82) is 0 Å². The third-order valence-electron chi connectivity index (χ3n) is 5.35. The van der Waals surface area contributed by atoms with Gasteiger partial charge in [-0.1, -0.05) is 60.1 Å². The van der Waals surface area contributed by atoms with Crippen molar-refractivity contribution in [3.63, 3.8) is 0 Å². The molecule has 3 aromatic carbocycles. The summed E-state index contributed by atoms with van der Waals surface area (Å²) in [5.41, 5.74) is 4.18. The first kappa shape index (κ1) is 18.1. The van der Waals surface area contributed by atoms with Crippen molar-refractivity contribution in [2.75, 3.05) is 6.61 Å². The van der Waals surface area contributed by atoms with E-state index in [0.29, 0.717) is 11.6 Å². The van der Waals surface area contributed by atoms with Gasteiger partial charge in [0.05, 0.1) is 18.4 Å². The summed E-state index contributed by atoms with van der Waals surface area (Å²) >= 11 is 6.52. The zero-order chi connectivity index (χ0) is 19.8. The summed E-state index contributed by atoms with van der Waals surface area (Å²) in [6, 6.07) is 24.2. The molecule has 0 aliphatic carbocycles. The van der Waals surface area contributed by atoms with Gasteiger partial charge < -0.3 is 9.47 Å². The van der Waals surface area contributed by atoms with E-state index in [1.54, 1.807) is 0 Å². The van der Waals surface area contributed by atoms with Crippen LogP contribution in [0.2, 0.25) is 5.02 Å². The molecule has 0 radical (unpaired) electrons. The molecule has 0 spiro atoms. The van der Waals surface area contributed by atoms with Gasteiger partial charge in [-0.15, -0.1) is 0 Å². The third kappa shape index (κ3) is 3.23. The number of hydrogen-bond donors (Lipinski definition) is 0. The molecule has 2 aliphatic rings. The Balaban J connectivity index is 1.61. The fourth-order valence-corrected chi connectivity index (χ4v) is 4.24. The first-order chi connectivity index (χ1) is 14.2. The fraction of sp³-hybridized carbons (Fsp3) is 0.208. The van der Waals surface area contributed by atoms with Crippen LogP contribution in [-0.4, -0.2) is 17.3 Å². The average molecular weight is 405 g/mol. The number of ether oxygens (including phenoxy) is 2. The maximum Gasteiger partial charge on any atom is 0.215 e. The van der Waals surface area contributed by atoms with Crippen LogP contribution >= 0.6 is 11.6 Å². The van der Waals surface area contributed by atoms with E-state index in [1.807, 2.05) is 66.5 Å². The molecule has 0 N–H and O–H groups in total. The quantitative estimate of drug-likeness (QED) is 0.536. The van der Waals surface area contributed by atoms with Gasteiger partial charge in [-0.25, -0.2) is 5.01 Å². The average Bonchev–Trinajstić information content (AvgIpc) is 3.21. The molecule has 0 saturated carbocycles. The van der Waals surface area contributed by atoms with Crippen LogP contribution in [0.1, 0.15) is 42.3 Å². The predicted molar refractivity (Wildman–Crippen MR) is 115 cm³/mol. The largest absolute Gasteiger partial charge is 0.494 e. The van der Waals surface area contributed by atoms with Crippen LogP contribution in [0.3, 0.4) is 0 Å². The van der Waals surface area contributed by atoms with Crippen molar-refractivity contribution in [3.05, 3.63) is 94.5 Å². The van der Waals surface area contributed by atoms with Crippen molar-refractivity contribution in [3.8, 4) is 11.5 Å². The van der Waals surface area contributed by atoms with Gasteiger partial charge >= 0.3 is 0 Å². The number of nitrogens with zero attached hydrogens (tertiary/aromatic N) is 2.